The molecule has 1 aliphatic rings. The molecule has 0 aromatic carbocycles. The third-order valence-corrected chi connectivity index (χ3v) is 4.66. The Balaban J connectivity index is 2.31. The van der Waals surface area contributed by atoms with E-state index >= 15 is 0 Å². The van der Waals surface area contributed by atoms with Gasteiger partial charge in [0.05, 0.1) is 11.8 Å². The smallest absolute Gasteiger partial charge is 0.320 e. The van der Waals surface area contributed by atoms with E-state index in [9.17, 15) is 14.9 Å². The average molecular weight is 313 g/mol. The van der Waals surface area contributed by atoms with Crippen LogP contribution in [0.2, 0.25) is 0 Å². The van der Waals surface area contributed by atoms with Crippen molar-refractivity contribution in [3.8, 4) is 6.07 Å². The van der Waals surface area contributed by atoms with Crippen LogP contribution in [0.1, 0.15) is 44.9 Å². The van der Waals surface area contributed by atoms with E-state index < -0.39 is 17.6 Å². The monoisotopic (exact) mass is 313 g/mol. The van der Waals surface area contributed by atoms with Gasteiger partial charge in [-0.05, 0) is 25.0 Å². The van der Waals surface area contributed by atoms with Crippen molar-refractivity contribution in [3.05, 3.63) is 0 Å². The van der Waals surface area contributed by atoms with Crippen LogP contribution in [0.15, 0.2) is 0 Å². The molecule has 1 rings (SSSR count). The van der Waals surface area contributed by atoms with E-state index in [1.54, 1.807) is 0 Å². The molecule has 1 unspecified atom stereocenters. The van der Waals surface area contributed by atoms with Crippen LogP contribution in [-0.2, 0) is 9.59 Å². The molecule has 0 aromatic heterocycles. The van der Waals surface area contributed by atoms with Gasteiger partial charge in [0.1, 0.15) is 11.6 Å². The molecule has 0 aromatic rings. The lowest BCUT2D eigenvalue weighted by atomic mass is 9.92. The third-order valence-electron chi connectivity index (χ3n) is 3.67. The summed E-state index contributed by atoms with van der Waals surface area (Å²) in [6, 6.07) is 1.39. The number of carbonyl (C=O) groups is 2. The van der Waals surface area contributed by atoms with E-state index in [4.69, 9.17) is 10.8 Å². The van der Waals surface area contributed by atoms with Crippen molar-refractivity contribution in [2.45, 2.75) is 56.5 Å². The molecule has 21 heavy (non-hydrogen) atoms. The summed E-state index contributed by atoms with van der Waals surface area (Å²) < 4.78 is 0. The summed E-state index contributed by atoms with van der Waals surface area (Å²) in [5, 5.41) is 20.9. The molecule has 7 heteroatoms. The minimum atomic E-state index is -1.03. The van der Waals surface area contributed by atoms with Crippen LogP contribution in [0.25, 0.3) is 0 Å². The number of carboxylic acid groups (broad SMARTS) is 1. The fraction of sp³-hybridized carbons (Fsp3) is 0.786. The molecule has 0 spiro atoms. The molecule has 0 aliphatic heterocycles. The molecule has 6 nitrogen and oxygen atoms in total. The summed E-state index contributed by atoms with van der Waals surface area (Å²) in [5.74, 6) is -0.440. The number of nitrogens with two attached hydrogens (primary N) is 1. The van der Waals surface area contributed by atoms with Gasteiger partial charge in [-0.1, -0.05) is 25.7 Å². The van der Waals surface area contributed by atoms with Crippen molar-refractivity contribution >= 4 is 23.6 Å². The van der Waals surface area contributed by atoms with Crippen molar-refractivity contribution in [1.29, 1.82) is 5.26 Å². The van der Waals surface area contributed by atoms with Crippen LogP contribution in [0.3, 0.4) is 0 Å². The molecule has 1 saturated carbocycles. The van der Waals surface area contributed by atoms with Gasteiger partial charge in [-0.25, -0.2) is 0 Å². The Bertz CT molecular complexity index is 401. The maximum Gasteiger partial charge on any atom is 0.320 e. The SMILES string of the molecule is N#CC1(NC(=O)CSCCC(N)C(=O)O)CCCCCC1. The lowest BCUT2D eigenvalue weighted by molar-refractivity contribution is -0.138. The first kappa shape index (κ1) is 17.8. The van der Waals surface area contributed by atoms with Crippen LogP contribution in [0.5, 0.6) is 0 Å². The molecule has 118 valence electrons. The highest BCUT2D eigenvalue weighted by molar-refractivity contribution is 7.99. The fourth-order valence-electron chi connectivity index (χ4n) is 2.40. The lowest BCUT2D eigenvalue weighted by Gasteiger charge is -2.26. The number of amides is 1. The molecular formula is C14H23N3O3S. The van der Waals surface area contributed by atoms with Gasteiger partial charge >= 0.3 is 5.97 Å². The fourth-order valence-corrected chi connectivity index (χ4v) is 3.22. The first-order chi connectivity index (χ1) is 9.99. The number of hydrogen-bond donors (Lipinski definition) is 3. The van der Waals surface area contributed by atoms with E-state index in [2.05, 4.69) is 11.4 Å². The highest BCUT2D eigenvalue weighted by atomic mass is 32.2. The Hall–Kier alpha value is -1.26. The maximum absolute atomic E-state index is 11.9. The van der Waals surface area contributed by atoms with E-state index in [-0.39, 0.29) is 11.7 Å². The number of hydrogen-bond acceptors (Lipinski definition) is 5. The highest BCUT2D eigenvalue weighted by Crippen LogP contribution is 2.26. The van der Waals surface area contributed by atoms with Gasteiger partial charge in [0, 0.05) is 0 Å². The number of carboxylic acids is 1. The van der Waals surface area contributed by atoms with E-state index in [1.807, 2.05) is 0 Å². The predicted octanol–water partition coefficient (Wildman–Crippen LogP) is 1.25. The molecule has 0 bridgehead atoms. The lowest BCUT2D eigenvalue weighted by Crippen LogP contribution is -2.47. The first-order valence-corrected chi connectivity index (χ1v) is 8.43. The molecular weight excluding hydrogens is 290 g/mol. The Morgan fingerprint density at radius 2 is 1.95 bits per heavy atom. The first-order valence-electron chi connectivity index (χ1n) is 7.27. The van der Waals surface area contributed by atoms with E-state index in [0.717, 1.165) is 25.7 Å². The number of thioether (sulfide) groups is 1. The topological polar surface area (TPSA) is 116 Å². The van der Waals surface area contributed by atoms with Crippen molar-refractivity contribution in [2.75, 3.05) is 11.5 Å². The molecule has 1 amide bonds. The Kier molecular flexibility index (Phi) is 7.54. The van der Waals surface area contributed by atoms with Crippen molar-refractivity contribution in [2.24, 2.45) is 5.73 Å². The number of nitriles is 1. The zero-order chi connectivity index (χ0) is 15.7. The van der Waals surface area contributed by atoms with Crippen LogP contribution < -0.4 is 11.1 Å². The van der Waals surface area contributed by atoms with Gasteiger partial charge in [0.25, 0.3) is 0 Å². The zero-order valence-electron chi connectivity index (χ0n) is 12.1. The van der Waals surface area contributed by atoms with Gasteiger partial charge < -0.3 is 16.2 Å². The zero-order valence-corrected chi connectivity index (χ0v) is 13.0. The Morgan fingerprint density at radius 1 is 1.33 bits per heavy atom. The summed E-state index contributed by atoms with van der Waals surface area (Å²) in [4.78, 5) is 22.5. The second-order valence-corrected chi connectivity index (χ2v) is 6.55. The minimum absolute atomic E-state index is 0.160. The molecule has 4 N–H and O–H groups in total. The summed E-state index contributed by atoms with van der Waals surface area (Å²) >= 11 is 1.35. The van der Waals surface area contributed by atoms with Gasteiger partial charge in [-0.2, -0.15) is 17.0 Å². The highest BCUT2D eigenvalue weighted by Gasteiger charge is 2.32. The van der Waals surface area contributed by atoms with Gasteiger partial charge in [0.15, 0.2) is 0 Å². The largest absolute Gasteiger partial charge is 0.480 e. The minimum Gasteiger partial charge on any atom is -0.480 e. The molecule has 1 aliphatic carbocycles. The number of nitrogens with zero attached hydrogens (tertiary/aromatic N) is 1. The second kappa shape index (κ2) is 8.90. The van der Waals surface area contributed by atoms with Crippen molar-refractivity contribution in [1.82, 2.24) is 5.32 Å². The predicted molar refractivity (Wildman–Crippen MR) is 81.7 cm³/mol. The quantitative estimate of drug-likeness (QED) is 0.481. The van der Waals surface area contributed by atoms with Gasteiger partial charge in [-0.3, -0.25) is 9.59 Å². The normalized spacial score (nSPS) is 19.0. The van der Waals surface area contributed by atoms with Crippen molar-refractivity contribution < 1.29 is 14.7 Å². The number of rotatable bonds is 7. The molecule has 0 radical (unpaired) electrons. The Labute approximate surface area is 129 Å². The number of nitrogens with one attached hydrogen (secondary N) is 1. The summed E-state index contributed by atoms with van der Waals surface area (Å²) in [6.07, 6.45) is 5.91. The Morgan fingerprint density at radius 3 is 2.48 bits per heavy atom. The standard InChI is InChI=1S/C14H23N3O3S/c15-10-14(6-3-1-2-4-7-14)17-12(18)9-21-8-5-11(16)13(19)20/h11H,1-9,16H2,(H,17,18)(H,19,20). The van der Waals surface area contributed by atoms with E-state index in [0.29, 0.717) is 25.0 Å². The van der Waals surface area contributed by atoms with Crippen LogP contribution >= 0.6 is 11.8 Å². The molecule has 1 fully saturated rings. The number of carbonyl (C=O) groups excluding carboxylic acids is 1. The molecule has 0 heterocycles. The van der Waals surface area contributed by atoms with Crippen LogP contribution in [0, 0.1) is 11.3 Å². The number of aliphatic carboxylic acids is 1. The van der Waals surface area contributed by atoms with Crippen LogP contribution in [0.4, 0.5) is 0 Å². The molecule has 1 atom stereocenters. The average Bonchev–Trinajstić information content (AvgIpc) is 2.69. The summed E-state index contributed by atoms with van der Waals surface area (Å²) in [6.45, 7) is 0. The third kappa shape index (κ3) is 6.36. The van der Waals surface area contributed by atoms with E-state index in [1.165, 1.54) is 11.8 Å². The van der Waals surface area contributed by atoms with Gasteiger partial charge in [-0.15, -0.1) is 0 Å². The molecule has 0 saturated heterocycles. The van der Waals surface area contributed by atoms with Crippen LogP contribution in [-0.4, -0.2) is 40.1 Å². The summed E-state index contributed by atoms with van der Waals surface area (Å²) in [5.41, 5.74) is 4.67. The van der Waals surface area contributed by atoms with Gasteiger partial charge in [0.2, 0.25) is 5.91 Å². The summed E-state index contributed by atoms with van der Waals surface area (Å²) in [7, 11) is 0. The maximum atomic E-state index is 11.9. The second-order valence-electron chi connectivity index (χ2n) is 5.44. The van der Waals surface area contributed by atoms with Crippen molar-refractivity contribution in [3.63, 3.8) is 0 Å².